The topological polar surface area (TPSA) is 85.2 Å². The summed E-state index contributed by atoms with van der Waals surface area (Å²) in [4.78, 5) is 11.2. The third-order valence-electron chi connectivity index (χ3n) is 5.80. The molecule has 2 heterocycles. The van der Waals surface area contributed by atoms with Crippen molar-refractivity contribution in [1.82, 2.24) is 0 Å². The van der Waals surface area contributed by atoms with Crippen molar-refractivity contribution in [2.24, 2.45) is 17.8 Å². The van der Waals surface area contributed by atoms with E-state index < -0.39 is 18.7 Å². The van der Waals surface area contributed by atoms with Crippen LogP contribution >= 0.6 is 0 Å². The third kappa shape index (κ3) is 4.19. The Morgan fingerprint density at radius 1 is 1.12 bits per heavy atom. The van der Waals surface area contributed by atoms with E-state index in [4.69, 9.17) is 14.2 Å². The molecular weight excluding hydrogens is 336 g/mol. The molecule has 2 aliphatic rings. The molecule has 0 saturated carbocycles. The highest BCUT2D eigenvalue weighted by Crippen LogP contribution is 2.37. The van der Waals surface area contributed by atoms with Crippen LogP contribution in [0.1, 0.15) is 39.2 Å². The number of ether oxygens (including phenoxy) is 3. The van der Waals surface area contributed by atoms with Crippen LogP contribution in [0.25, 0.3) is 0 Å². The molecule has 1 aromatic carbocycles. The summed E-state index contributed by atoms with van der Waals surface area (Å²) >= 11 is 0. The van der Waals surface area contributed by atoms with Crippen LogP contribution in [0.4, 0.5) is 0 Å². The van der Waals surface area contributed by atoms with E-state index >= 15 is 0 Å². The first-order valence-corrected chi connectivity index (χ1v) is 9.32. The zero-order chi connectivity index (χ0) is 18.8. The number of rotatable bonds is 5. The summed E-state index contributed by atoms with van der Waals surface area (Å²) in [7, 11) is 0. The van der Waals surface area contributed by atoms with Crippen molar-refractivity contribution >= 4 is 5.97 Å². The number of aliphatic hydroxyl groups is 2. The van der Waals surface area contributed by atoms with Gasteiger partial charge in [0, 0.05) is 18.8 Å². The normalized spacial score (nSPS) is 34.8. The molecule has 2 saturated heterocycles. The van der Waals surface area contributed by atoms with Gasteiger partial charge < -0.3 is 24.4 Å². The lowest BCUT2D eigenvalue weighted by atomic mass is 9.79. The Kier molecular flexibility index (Phi) is 5.85. The molecule has 0 aliphatic carbocycles. The lowest BCUT2D eigenvalue weighted by molar-refractivity contribution is -0.268. The monoisotopic (exact) mass is 364 g/mol. The summed E-state index contributed by atoms with van der Waals surface area (Å²) in [5.41, 5.74) is 1.08. The van der Waals surface area contributed by atoms with Crippen molar-refractivity contribution in [2.45, 2.75) is 64.8 Å². The lowest BCUT2D eigenvalue weighted by Crippen LogP contribution is -2.51. The van der Waals surface area contributed by atoms with E-state index in [1.54, 1.807) is 0 Å². The van der Waals surface area contributed by atoms with Gasteiger partial charge in [0.15, 0.2) is 6.29 Å². The predicted molar refractivity (Wildman–Crippen MR) is 94.3 cm³/mol. The second-order valence-electron chi connectivity index (χ2n) is 7.58. The number of hydrogen-bond acceptors (Lipinski definition) is 6. The van der Waals surface area contributed by atoms with Crippen LogP contribution in [-0.2, 0) is 20.7 Å². The van der Waals surface area contributed by atoms with Crippen molar-refractivity contribution in [3.05, 3.63) is 29.8 Å². The van der Waals surface area contributed by atoms with E-state index in [1.165, 1.54) is 0 Å². The van der Waals surface area contributed by atoms with Gasteiger partial charge in [0.25, 0.3) is 0 Å². The minimum atomic E-state index is -1.53. The van der Waals surface area contributed by atoms with Crippen LogP contribution in [0.5, 0.6) is 5.75 Å². The number of benzene rings is 1. The van der Waals surface area contributed by atoms with Gasteiger partial charge >= 0.3 is 5.97 Å². The molecule has 1 aromatic rings. The zero-order valence-electron chi connectivity index (χ0n) is 15.5. The molecule has 2 N–H and O–H groups in total. The summed E-state index contributed by atoms with van der Waals surface area (Å²) < 4.78 is 17.0. The van der Waals surface area contributed by atoms with Gasteiger partial charge in [-0.05, 0) is 36.0 Å². The molecule has 144 valence electrons. The quantitative estimate of drug-likeness (QED) is 0.616. The van der Waals surface area contributed by atoms with Crippen molar-refractivity contribution in [3.63, 3.8) is 0 Å². The van der Waals surface area contributed by atoms with Gasteiger partial charge in [0.05, 0.1) is 0 Å². The Morgan fingerprint density at radius 3 is 2.38 bits per heavy atom. The fraction of sp³-hybridized carbons (Fsp3) is 0.650. The highest BCUT2D eigenvalue weighted by atomic mass is 16.7. The summed E-state index contributed by atoms with van der Waals surface area (Å²) in [6, 6.07) is 7.66. The second-order valence-corrected chi connectivity index (χ2v) is 7.58. The molecule has 0 radical (unpaired) electrons. The molecule has 0 amide bonds. The SMILES string of the molecule is CC1C(Oc2ccc(CC3CCC(=O)O3)cc2)OC(C(O)O)C(C)C1C. The number of carbonyl (C=O) groups excluding carboxylic acids is 1. The van der Waals surface area contributed by atoms with Gasteiger partial charge in [0.2, 0.25) is 6.29 Å². The lowest BCUT2D eigenvalue weighted by Gasteiger charge is -2.43. The molecule has 0 spiro atoms. The molecule has 2 aliphatic heterocycles. The molecule has 26 heavy (non-hydrogen) atoms. The molecule has 6 heteroatoms. The molecule has 6 atom stereocenters. The van der Waals surface area contributed by atoms with Gasteiger partial charge in [-0.3, -0.25) is 4.79 Å². The van der Waals surface area contributed by atoms with Crippen LogP contribution in [0.15, 0.2) is 24.3 Å². The number of carbonyl (C=O) groups is 1. The summed E-state index contributed by atoms with van der Waals surface area (Å²) in [5.74, 6) is 0.931. The van der Waals surface area contributed by atoms with Crippen LogP contribution in [-0.4, -0.2) is 41.0 Å². The Labute approximate surface area is 154 Å². The average Bonchev–Trinajstić information content (AvgIpc) is 3.01. The molecule has 6 nitrogen and oxygen atoms in total. The number of esters is 1. The van der Waals surface area contributed by atoms with E-state index in [-0.39, 0.29) is 29.8 Å². The van der Waals surface area contributed by atoms with Gasteiger partial charge in [-0.25, -0.2) is 0 Å². The Balaban J connectivity index is 1.61. The van der Waals surface area contributed by atoms with Crippen molar-refractivity contribution in [2.75, 3.05) is 0 Å². The van der Waals surface area contributed by atoms with E-state index in [1.807, 2.05) is 31.2 Å². The molecule has 2 fully saturated rings. The largest absolute Gasteiger partial charge is 0.465 e. The van der Waals surface area contributed by atoms with Gasteiger partial charge in [-0.2, -0.15) is 0 Å². The van der Waals surface area contributed by atoms with E-state index in [9.17, 15) is 15.0 Å². The van der Waals surface area contributed by atoms with E-state index in [0.717, 1.165) is 12.0 Å². The van der Waals surface area contributed by atoms with Crippen molar-refractivity contribution in [1.29, 1.82) is 0 Å². The van der Waals surface area contributed by atoms with Gasteiger partial charge in [-0.15, -0.1) is 0 Å². The summed E-state index contributed by atoms with van der Waals surface area (Å²) in [6.07, 6.45) is -0.789. The minimum Gasteiger partial charge on any atom is -0.465 e. The highest BCUT2D eigenvalue weighted by molar-refractivity contribution is 5.71. The second kappa shape index (κ2) is 7.94. The van der Waals surface area contributed by atoms with Crippen LogP contribution in [0.3, 0.4) is 0 Å². The highest BCUT2D eigenvalue weighted by Gasteiger charge is 2.42. The first-order valence-electron chi connectivity index (χ1n) is 9.32. The first kappa shape index (κ1) is 19.1. The predicted octanol–water partition coefficient (Wildman–Crippen LogP) is 2.26. The van der Waals surface area contributed by atoms with Gasteiger partial charge in [0.1, 0.15) is 18.0 Å². The van der Waals surface area contributed by atoms with Gasteiger partial charge in [-0.1, -0.05) is 32.9 Å². The number of cyclic esters (lactones) is 1. The maximum Gasteiger partial charge on any atom is 0.306 e. The fourth-order valence-corrected chi connectivity index (χ4v) is 3.73. The first-order chi connectivity index (χ1) is 12.3. The Bertz CT molecular complexity index is 613. The van der Waals surface area contributed by atoms with Crippen LogP contribution in [0.2, 0.25) is 0 Å². The van der Waals surface area contributed by atoms with Crippen molar-refractivity contribution < 1.29 is 29.2 Å². The minimum absolute atomic E-state index is 0.0290. The van der Waals surface area contributed by atoms with Crippen LogP contribution in [0, 0.1) is 17.8 Å². The molecule has 0 bridgehead atoms. The molecular formula is C20H28O6. The summed E-state index contributed by atoms with van der Waals surface area (Å²) in [6.45, 7) is 6.09. The maximum absolute atomic E-state index is 11.2. The average molecular weight is 364 g/mol. The number of aliphatic hydroxyl groups excluding tert-OH is 1. The fourth-order valence-electron chi connectivity index (χ4n) is 3.73. The Hall–Kier alpha value is -1.63. The Morgan fingerprint density at radius 2 is 1.81 bits per heavy atom. The third-order valence-corrected chi connectivity index (χ3v) is 5.80. The molecule has 3 rings (SSSR count). The van der Waals surface area contributed by atoms with E-state index in [2.05, 4.69) is 13.8 Å². The van der Waals surface area contributed by atoms with Crippen molar-refractivity contribution in [3.8, 4) is 5.75 Å². The number of hydrogen-bond donors (Lipinski definition) is 2. The molecule has 6 unspecified atom stereocenters. The summed E-state index contributed by atoms with van der Waals surface area (Å²) in [5, 5.41) is 19.1. The molecule has 0 aromatic heterocycles. The zero-order valence-corrected chi connectivity index (χ0v) is 15.5. The smallest absolute Gasteiger partial charge is 0.306 e. The maximum atomic E-state index is 11.2. The standard InChI is InChI=1S/C20H28O6/c1-11-12(2)18(19(22)23)26-20(13(11)3)25-15-6-4-14(5-7-15)10-16-8-9-17(21)24-16/h4-7,11-13,16,18-20,22-23H,8-10H2,1-3H3. The van der Waals surface area contributed by atoms with E-state index in [0.29, 0.717) is 18.6 Å². The van der Waals surface area contributed by atoms with Crippen LogP contribution < -0.4 is 4.74 Å².